The van der Waals surface area contributed by atoms with Crippen molar-refractivity contribution in [1.82, 2.24) is 0 Å². The van der Waals surface area contributed by atoms with Gasteiger partial charge in [-0.3, -0.25) is 0 Å². The molecular formula is C13H28O2. The van der Waals surface area contributed by atoms with E-state index in [4.69, 9.17) is 5.11 Å². The molecule has 0 aromatic heterocycles. The first-order chi connectivity index (χ1) is 7.24. The van der Waals surface area contributed by atoms with Crippen LogP contribution in [0.4, 0.5) is 0 Å². The zero-order chi connectivity index (χ0) is 11.5. The van der Waals surface area contributed by atoms with Crippen LogP contribution in [-0.2, 0) is 0 Å². The van der Waals surface area contributed by atoms with Crippen LogP contribution >= 0.6 is 0 Å². The van der Waals surface area contributed by atoms with Crippen LogP contribution in [0.1, 0.15) is 65.2 Å². The summed E-state index contributed by atoms with van der Waals surface area (Å²) in [4.78, 5) is 0. The molecule has 0 bridgehead atoms. The van der Waals surface area contributed by atoms with Gasteiger partial charge in [0.25, 0.3) is 0 Å². The third kappa shape index (κ3) is 8.88. The van der Waals surface area contributed by atoms with E-state index in [1.807, 2.05) is 0 Å². The third-order valence-electron chi connectivity index (χ3n) is 3.13. The van der Waals surface area contributed by atoms with Gasteiger partial charge in [0.15, 0.2) is 0 Å². The lowest BCUT2D eigenvalue weighted by Crippen LogP contribution is -2.09. The lowest BCUT2D eigenvalue weighted by Gasteiger charge is -2.13. The third-order valence-corrected chi connectivity index (χ3v) is 3.13. The maximum absolute atomic E-state index is 9.67. The average molecular weight is 216 g/mol. The fourth-order valence-corrected chi connectivity index (χ4v) is 1.84. The molecule has 0 saturated heterocycles. The van der Waals surface area contributed by atoms with Crippen LogP contribution in [-0.4, -0.2) is 22.9 Å². The van der Waals surface area contributed by atoms with E-state index in [2.05, 4.69) is 13.8 Å². The summed E-state index contributed by atoms with van der Waals surface area (Å²) in [5.41, 5.74) is 0. The van der Waals surface area contributed by atoms with Crippen molar-refractivity contribution >= 4 is 0 Å². The Bertz CT molecular complexity index is 122. The zero-order valence-electron chi connectivity index (χ0n) is 10.4. The van der Waals surface area contributed by atoms with Crippen LogP contribution < -0.4 is 0 Å². The van der Waals surface area contributed by atoms with Crippen molar-refractivity contribution in [2.24, 2.45) is 5.92 Å². The first-order valence-electron chi connectivity index (χ1n) is 6.53. The lowest BCUT2D eigenvalue weighted by atomic mass is 9.97. The molecule has 0 aliphatic carbocycles. The van der Waals surface area contributed by atoms with E-state index >= 15 is 0 Å². The van der Waals surface area contributed by atoms with Crippen LogP contribution in [0.3, 0.4) is 0 Å². The Balaban J connectivity index is 3.33. The van der Waals surface area contributed by atoms with Gasteiger partial charge in [0.1, 0.15) is 0 Å². The Morgan fingerprint density at radius 1 is 0.933 bits per heavy atom. The molecule has 0 aliphatic rings. The van der Waals surface area contributed by atoms with Crippen LogP contribution in [0.2, 0.25) is 0 Å². The molecule has 0 spiro atoms. The SMILES string of the molecule is CCCCCC(O)CCCC(CC)CO. The highest BCUT2D eigenvalue weighted by molar-refractivity contribution is 4.60. The van der Waals surface area contributed by atoms with E-state index in [1.165, 1.54) is 12.8 Å². The van der Waals surface area contributed by atoms with Gasteiger partial charge in [0.05, 0.1) is 6.10 Å². The predicted octanol–water partition coefficient (Wildman–Crippen LogP) is 3.12. The van der Waals surface area contributed by atoms with Gasteiger partial charge in [0, 0.05) is 6.61 Å². The van der Waals surface area contributed by atoms with Gasteiger partial charge >= 0.3 is 0 Å². The smallest absolute Gasteiger partial charge is 0.0540 e. The van der Waals surface area contributed by atoms with Crippen LogP contribution in [0.5, 0.6) is 0 Å². The topological polar surface area (TPSA) is 40.5 Å². The average Bonchev–Trinajstić information content (AvgIpc) is 2.25. The van der Waals surface area contributed by atoms with Gasteiger partial charge < -0.3 is 10.2 Å². The fraction of sp³-hybridized carbons (Fsp3) is 1.00. The van der Waals surface area contributed by atoms with Crippen LogP contribution in [0, 0.1) is 5.92 Å². The molecule has 0 saturated carbocycles. The molecule has 2 heteroatoms. The molecule has 0 amide bonds. The summed E-state index contributed by atoms with van der Waals surface area (Å²) >= 11 is 0. The van der Waals surface area contributed by atoms with Gasteiger partial charge in [-0.05, 0) is 25.2 Å². The minimum atomic E-state index is -0.118. The van der Waals surface area contributed by atoms with E-state index in [1.54, 1.807) is 0 Å². The van der Waals surface area contributed by atoms with E-state index in [-0.39, 0.29) is 6.10 Å². The van der Waals surface area contributed by atoms with Gasteiger partial charge in [-0.15, -0.1) is 0 Å². The van der Waals surface area contributed by atoms with E-state index in [9.17, 15) is 5.11 Å². The summed E-state index contributed by atoms with van der Waals surface area (Å²) < 4.78 is 0. The zero-order valence-corrected chi connectivity index (χ0v) is 10.4. The van der Waals surface area contributed by atoms with Gasteiger partial charge in [-0.2, -0.15) is 0 Å². The predicted molar refractivity (Wildman–Crippen MR) is 64.9 cm³/mol. The number of unbranched alkanes of at least 4 members (excludes halogenated alkanes) is 2. The van der Waals surface area contributed by atoms with Crippen molar-refractivity contribution in [2.75, 3.05) is 6.61 Å². The Kier molecular flexibility index (Phi) is 10.4. The molecule has 2 unspecified atom stereocenters. The van der Waals surface area contributed by atoms with E-state index in [0.717, 1.165) is 38.5 Å². The van der Waals surface area contributed by atoms with Crippen molar-refractivity contribution < 1.29 is 10.2 Å². The molecule has 2 atom stereocenters. The van der Waals surface area contributed by atoms with Crippen molar-refractivity contribution in [1.29, 1.82) is 0 Å². The van der Waals surface area contributed by atoms with Gasteiger partial charge in [-0.1, -0.05) is 46.0 Å². The summed E-state index contributed by atoms with van der Waals surface area (Å²) in [5, 5.41) is 18.7. The van der Waals surface area contributed by atoms with Crippen LogP contribution in [0.25, 0.3) is 0 Å². The molecule has 15 heavy (non-hydrogen) atoms. The largest absolute Gasteiger partial charge is 0.396 e. The van der Waals surface area contributed by atoms with Crippen molar-refractivity contribution in [3.8, 4) is 0 Å². The molecule has 0 heterocycles. The molecule has 0 fully saturated rings. The number of aliphatic hydroxyl groups excluding tert-OH is 2. The Labute approximate surface area is 94.7 Å². The van der Waals surface area contributed by atoms with Crippen molar-refractivity contribution in [2.45, 2.75) is 71.3 Å². The highest BCUT2D eigenvalue weighted by atomic mass is 16.3. The minimum Gasteiger partial charge on any atom is -0.396 e. The maximum atomic E-state index is 9.67. The standard InChI is InChI=1S/C13H28O2/c1-3-5-6-9-13(15)10-7-8-12(4-2)11-14/h12-15H,3-11H2,1-2H3. The Morgan fingerprint density at radius 2 is 1.60 bits per heavy atom. The quantitative estimate of drug-likeness (QED) is 0.551. The summed E-state index contributed by atoms with van der Waals surface area (Å²) in [6.45, 7) is 4.58. The minimum absolute atomic E-state index is 0.118. The van der Waals surface area contributed by atoms with Gasteiger partial charge in [0.2, 0.25) is 0 Å². The highest BCUT2D eigenvalue weighted by Gasteiger charge is 2.07. The van der Waals surface area contributed by atoms with E-state index < -0.39 is 0 Å². The molecular weight excluding hydrogens is 188 g/mol. The highest BCUT2D eigenvalue weighted by Crippen LogP contribution is 2.15. The van der Waals surface area contributed by atoms with Crippen molar-refractivity contribution in [3.05, 3.63) is 0 Å². The molecule has 0 radical (unpaired) electrons. The number of rotatable bonds is 10. The Hall–Kier alpha value is -0.0800. The van der Waals surface area contributed by atoms with Gasteiger partial charge in [-0.25, -0.2) is 0 Å². The molecule has 92 valence electrons. The molecule has 0 aliphatic heterocycles. The molecule has 0 rings (SSSR count). The molecule has 0 aromatic carbocycles. The summed E-state index contributed by atoms with van der Waals surface area (Å²) in [6, 6.07) is 0. The second-order valence-electron chi connectivity index (χ2n) is 4.54. The number of aliphatic hydroxyl groups is 2. The lowest BCUT2D eigenvalue weighted by molar-refractivity contribution is 0.140. The number of hydrogen-bond donors (Lipinski definition) is 2. The monoisotopic (exact) mass is 216 g/mol. The number of hydrogen-bond acceptors (Lipinski definition) is 2. The first kappa shape index (κ1) is 14.9. The summed E-state index contributed by atoms with van der Waals surface area (Å²) in [5.74, 6) is 0.438. The Morgan fingerprint density at radius 3 is 2.13 bits per heavy atom. The van der Waals surface area contributed by atoms with Crippen LogP contribution in [0.15, 0.2) is 0 Å². The second-order valence-corrected chi connectivity index (χ2v) is 4.54. The normalized spacial score (nSPS) is 15.2. The van der Waals surface area contributed by atoms with Crippen molar-refractivity contribution in [3.63, 3.8) is 0 Å². The summed E-state index contributed by atoms with van der Waals surface area (Å²) in [7, 11) is 0. The molecule has 0 aromatic rings. The molecule has 2 N–H and O–H groups in total. The first-order valence-corrected chi connectivity index (χ1v) is 6.53. The second kappa shape index (κ2) is 10.4. The fourth-order valence-electron chi connectivity index (χ4n) is 1.84. The van der Waals surface area contributed by atoms with E-state index in [0.29, 0.717) is 12.5 Å². The molecule has 2 nitrogen and oxygen atoms in total. The summed E-state index contributed by atoms with van der Waals surface area (Å²) in [6.07, 6.45) is 8.47. The maximum Gasteiger partial charge on any atom is 0.0540 e.